The third-order valence-electron chi connectivity index (χ3n) is 6.57. The molecule has 0 N–H and O–H groups in total. The molecule has 9 heteroatoms. The third-order valence-corrected chi connectivity index (χ3v) is 6.90. The molecule has 0 spiro atoms. The second-order valence-electron chi connectivity index (χ2n) is 9.06. The first-order valence-electron chi connectivity index (χ1n) is 11.7. The van der Waals surface area contributed by atoms with E-state index in [0.717, 1.165) is 43.8 Å². The van der Waals surface area contributed by atoms with E-state index in [1.165, 1.54) is 6.07 Å². The van der Waals surface area contributed by atoms with Crippen LogP contribution in [0, 0.1) is 17.6 Å². The summed E-state index contributed by atoms with van der Waals surface area (Å²) in [6.07, 6.45) is 2.60. The Morgan fingerprint density at radius 2 is 1.83 bits per heavy atom. The van der Waals surface area contributed by atoms with E-state index in [-0.39, 0.29) is 24.1 Å². The first-order chi connectivity index (χ1) is 16.9. The Morgan fingerprint density at radius 1 is 1.06 bits per heavy atom. The van der Waals surface area contributed by atoms with Gasteiger partial charge in [-0.3, -0.25) is 4.79 Å². The maximum absolute atomic E-state index is 13.9. The summed E-state index contributed by atoms with van der Waals surface area (Å²) in [6.45, 7) is 4.58. The molecular weight excluding hydrogens is 474 g/mol. The van der Waals surface area contributed by atoms with E-state index in [0.29, 0.717) is 41.0 Å². The topological polar surface area (TPSA) is 58.6 Å². The fourth-order valence-electron chi connectivity index (χ4n) is 4.44. The van der Waals surface area contributed by atoms with Crippen LogP contribution in [-0.4, -0.2) is 40.4 Å². The molecule has 1 aromatic heterocycles. The zero-order valence-corrected chi connectivity index (χ0v) is 20.1. The van der Waals surface area contributed by atoms with Gasteiger partial charge in [-0.15, -0.1) is 0 Å². The molecule has 2 aliphatic rings. The van der Waals surface area contributed by atoms with Crippen molar-refractivity contribution in [2.75, 3.05) is 24.5 Å². The number of halogens is 3. The lowest BCUT2D eigenvalue weighted by atomic mass is 9.99. The van der Waals surface area contributed by atoms with E-state index in [1.54, 1.807) is 29.2 Å². The molecule has 2 aromatic carbocycles. The molecule has 3 heterocycles. The Bertz CT molecular complexity index is 1260. The van der Waals surface area contributed by atoms with Gasteiger partial charge < -0.3 is 14.5 Å². The summed E-state index contributed by atoms with van der Waals surface area (Å²) in [5, 5.41) is 0.382. The lowest BCUT2D eigenvalue weighted by molar-refractivity contribution is 0.0732. The van der Waals surface area contributed by atoms with Crippen LogP contribution < -0.4 is 9.64 Å². The second-order valence-corrected chi connectivity index (χ2v) is 9.47. The standard InChI is InChI=1S/C26H25ClF2N4O2/c1-16-8-11-32(12-9-16)26-30-23-10-13-33(25(34)18-4-2-3-5-20(18)27)15-19(23)24(31-26)35-17-6-7-21(28)22(29)14-17/h2-7,14,16H,8-13,15H2,1H3. The van der Waals surface area contributed by atoms with Crippen molar-refractivity contribution in [3.8, 4) is 11.6 Å². The van der Waals surface area contributed by atoms with Crippen LogP contribution in [0.5, 0.6) is 11.6 Å². The molecule has 6 nitrogen and oxygen atoms in total. The summed E-state index contributed by atoms with van der Waals surface area (Å²) in [5.41, 5.74) is 1.85. The quantitative estimate of drug-likeness (QED) is 0.466. The minimum absolute atomic E-state index is 0.123. The van der Waals surface area contributed by atoms with Crippen molar-refractivity contribution in [3.63, 3.8) is 0 Å². The van der Waals surface area contributed by atoms with Crippen molar-refractivity contribution in [2.24, 2.45) is 5.92 Å². The average Bonchev–Trinajstić information content (AvgIpc) is 2.86. The fourth-order valence-corrected chi connectivity index (χ4v) is 4.65. The number of fused-ring (bicyclic) bond motifs is 1. The smallest absolute Gasteiger partial charge is 0.255 e. The van der Waals surface area contributed by atoms with Gasteiger partial charge in [0, 0.05) is 32.1 Å². The maximum Gasteiger partial charge on any atom is 0.255 e. The predicted octanol–water partition coefficient (Wildman–Crippen LogP) is 5.64. The van der Waals surface area contributed by atoms with Crippen LogP contribution >= 0.6 is 11.6 Å². The number of benzene rings is 2. The molecule has 3 aromatic rings. The highest BCUT2D eigenvalue weighted by Gasteiger charge is 2.29. The van der Waals surface area contributed by atoms with Gasteiger partial charge in [0.05, 0.1) is 28.4 Å². The summed E-state index contributed by atoms with van der Waals surface area (Å²) in [7, 11) is 0. The van der Waals surface area contributed by atoms with E-state index in [2.05, 4.69) is 16.8 Å². The molecule has 1 fully saturated rings. The molecule has 2 aliphatic heterocycles. The van der Waals surface area contributed by atoms with Gasteiger partial charge in [-0.2, -0.15) is 4.98 Å². The molecule has 0 radical (unpaired) electrons. The number of rotatable bonds is 4. The van der Waals surface area contributed by atoms with Crippen molar-refractivity contribution in [1.29, 1.82) is 0 Å². The number of hydrogen-bond acceptors (Lipinski definition) is 5. The Morgan fingerprint density at radius 3 is 2.57 bits per heavy atom. The number of hydrogen-bond donors (Lipinski definition) is 0. The van der Waals surface area contributed by atoms with Gasteiger partial charge in [0.2, 0.25) is 11.8 Å². The van der Waals surface area contributed by atoms with Gasteiger partial charge in [-0.05, 0) is 43.0 Å². The predicted molar refractivity (Wildman–Crippen MR) is 129 cm³/mol. The number of ether oxygens (including phenoxy) is 1. The van der Waals surface area contributed by atoms with Gasteiger partial charge in [0.15, 0.2) is 11.6 Å². The summed E-state index contributed by atoms with van der Waals surface area (Å²) >= 11 is 6.25. The molecule has 35 heavy (non-hydrogen) atoms. The number of carbonyl (C=O) groups excluding carboxylic acids is 1. The van der Waals surface area contributed by atoms with Crippen LogP contribution in [0.1, 0.15) is 41.4 Å². The molecule has 182 valence electrons. The molecule has 1 amide bonds. The monoisotopic (exact) mass is 498 g/mol. The minimum Gasteiger partial charge on any atom is -0.438 e. The summed E-state index contributed by atoms with van der Waals surface area (Å²) in [5.74, 6) is -0.601. The molecule has 0 bridgehead atoms. The summed E-state index contributed by atoms with van der Waals surface area (Å²) in [4.78, 5) is 26.5. The van der Waals surface area contributed by atoms with Gasteiger partial charge in [-0.1, -0.05) is 30.7 Å². The van der Waals surface area contributed by atoms with Crippen molar-refractivity contribution in [1.82, 2.24) is 14.9 Å². The molecule has 0 saturated carbocycles. The molecule has 1 saturated heterocycles. The first-order valence-corrected chi connectivity index (χ1v) is 12.1. The van der Waals surface area contributed by atoms with Gasteiger partial charge >= 0.3 is 0 Å². The van der Waals surface area contributed by atoms with Crippen molar-refractivity contribution < 1.29 is 18.3 Å². The van der Waals surface area contributed by atoms with E-state index in [9.17, 15) is 13.6 Å². The second kappa shape index (κ2) is 9.77. The largest absolute Gasteiger partial charge is 0.438 e. The normalized spacial score (nSPS) is 16.2. The van der Waals surface area contributed by atoms with E-state index in [4.69, 9.17) is 21.3 Å². The van der Waals surface area contributed by atoms with E-state index >= 15 is 0 Å². The highest BCUT2D eigenvalue weighted by molar-refractivity contribution is 6.33. The molecule has 5 rings (SSSR count). The van der Waals surface area contributed by atoms with E-state index in [1.807, 2.05) is 0 Å². The number of amides is 1. The lowest BCUT2D eigenvalue weighted by Crippen LogP contribution is -2.38. The van der Waals surface area contributed by atoms with Gasteiger partial charge in [-0.25, -0.2) is 13.8 Å². The fraction of sp³-hybridized carbons (Fsp3) is 0.346. The maximum atomic E-state index is 13.9. The molecular formula is C26H25ClF2N4O2. The van der Waals surface area contributed by atoms with E-state index < -0.39 is 11.6 Å². The Labute approximate surface area is 207 Å². The first kappa shape index (κ1) is 23.5. The SMILES string of the molecule is CC1CCN(c2nc3c(c(Oc4ccc(F)c(F)c4)n2)CN(C(=O)c2ccccc2Cl)CC3)CC1. The summed E-state index contributed by atoms with van der Waals surface area (Å²) < 4.78 is 33.3. The number of nitrogens with zero attached hydrogens (tertiary/aromatic N) is 4. The number of anilines is 1. The number of piperidine rings is 1. The van der Waals surface area contributed by atoms with Crippen LogP contribution in [0.3, 0.4) is 0 Å². The average molecular weight is 499 g/mol. The van der Waals surface area contributed by atoms with Crippen molar-refractivity contribution >= 4 is 23.5 Å². The lowest BCUT2D eigenvalue weighted by Gasteiger charge is -2.33. The highest BCUT2D eigenvalue weighted by Crippen LogP contribution is 2.33. The minimum atomic E-state index is -1.01. The van der Waals surface area contributed by atoms with Crippen LogP contribution in [0.15, 0.2) is 42.5 Å². The zero-order chi connectivity index (χ0) is 24.5. The van der Waals surface area contributed by atoms with Crippen molar-refractivity contribution in [2.45, 2.75) is 32.7 Å². The summed E-state index contributed by atoms with van der Waals surface area (Å²) in [6, 6.07) is 10.3. The van der Waals surface area contributed by atoms with Crippen LogP contribution in [-0.2, 0) is 13.0 Å². The molecule has 0 atom stereocenters. The number of aromatic nitrogens is 2. The van der Waals surface area contributed by atoms with Crippen LogP contribution in [0.4, 0.5) is 14.7 Å². The molecule has 0 aliphatic carbocycles. The Kier molecular flexibility index (Phi) is 6.56. The van der Waals surface area contributed by atoms with Crippen molar-refractivity contribution in [3.05, 3.63) is 75.9 Å². The van der Waals surface area contributed by atoms with Crippen LogP contribution in [0.2, 0.25) is 5.02 Å². The van der Waals surface area contributed by atoms with Gasteiger partial charge in [0.1, 0.15) is 5.75 Å². The zero-order valence-electron chi connectivity index (χ0n) is 19.3. The highest BCUT2D eigenvalue weighted by atomic mass is 35.5. The van der Waals surface area contributed by atoms with Crippen LogP contribution in [0.25, 0.3) is 0 Å². The Balaban J connectivity index is 1.49. The molecule has 0 unspecified atom stereocenters. The third kappa shape index (κ3) is 4.93. The Hall–Kier alpha value is -3.26. The number of carbonyl (C=O) groups is 1. The van der Waals surface area contributed by atoms with Gasteiger partial charge in [0.25, 0.3) is 5.91 Å².